The van der Waals surface area contributed by atoms with E-state index < -0.39 is 0 Å². The Morgan fingerprint density at radius 3 is 2.90 bits per heavy atom. The summed E-state index contributed by atoms with van der Waals surface area (Å²) in [6.45, 7) is 5.33. The van der Waals surface area contributed by atoms with Crippen molar-refractivity contribution < 1.29 is 4.74 Å². The van der Waals surface area contributed by atoms with Gasteiger partial charge in [-0.2, -0.15) is 0 Å². The summed E-state index contributed by atoms with van der Waals surface area (Å²) in [5, 5.41) is 3.45. The van der Waals surface area contributed by atoms with Crippen molar-refractivity contribution in [1.82, 2.24) is 5.32 Å². The molecule has 1 heterocycles. The second-order valence-corrected chi connectivity index (χ2v) is 6.05. The van der Waals surface area contributed by atoms with Crippen LogP contribution in [0.2, 0.25) is 0 Å². The Labute approximate surface area is 122 Å². The number of nitrogens with zero attached hydrogens (tertiary/aromatic N) is 1. The van der Waals surface area contributed by atoms with E-state index in [-0.39, 0.29) is 0 Å². The van der Waals surface area contributed by atoms with Crippen LogP contribution in [0, 0.1) is 5.92 Å². The molecule has 1 saturated heterocycles. The van der Waals surface area contributed by atoms with E-state index >= 15 is 0 Å². The molecule has 1 aromatic rings. The molecule has 0 radical (unpaired) electrons. The summed E-state index contributed by atoms with van der Waals surface area (Å²) < 4.78 is 6.01. The molecule has 3 heteroatoms. The summed E-state index contributed by atoms with van der Waals surface area (Å²) in [4.78, 5) is 2.46. The van der Waals surface area contributed by atoms with Crippen molar-refractivity contribution in [2.45, 2.75) is 32.1 Å². The first kappa shape index (κ1) is 13.7. The van der Waals surface area contributed by atoms with Crippen LogP contribution < -0.4 is 15.0 Å². The van der Waals surface area contributed by atoms with Gasteiger partial charge in [0.1, 0.15) is 5.75 Å². The predicted octanol–water partition coefficient (Wildman–Crippen LogP) is 3.06. The molecule has 1 aromatic carbocycles. The maximum absolute atomic E-state index is 6.01. The van der Waals surface area contributed by atoms with Gasteiger partial charge >= 0.3 is 0 Å². The zero-order valence-electron chi connectivity index (χ0n) is 12.3. The lowest BCUT2D eigenvalue weighted by molar-refractivity contribution is 0.252. The first-order valence-corrected chi connectivity index (χ1v) is 8.10. The minimum absolute atomic E-state index is 0.779. The molecule has 0 bridgehead atoms. The van der Waals surface area contributed by atoms with Crippen LogP contribution >= 0.6 is 0 Å². The lowest BCUT2D eigenvalue weighted by Crippen LogP contribution is -2.27. The number of rotatable bonds is 4. The number of benzene rings is 1. The highest BCUT2D eigenvalue weighted by atomic mass is 16.5. The Hall–Kier alpha value is -1.22. The zero-order valence-corrected chi connectivity index (χ0v) is 12.3. The topological polar surface area (TPSA) is 24.5 Å². The average molecular weight is 274 g/mol. The van der Waals surface area contributed by atoms with Gasteiger partial charge < -0.3 is 15.0 Å². The monoisotopic (exact) mass is 274 g/mol. The van der Waals surface area contributed by atoms with Crippen LogP contribution in [0.15, 0.2) is 24.3 Å². The van der Waals surface area contributed by atoms with E-state index in [1.165, 1.54) is 37.8 Å². The van der Waals surface area contributed by atoms with Gasteiger partial charge in [-0.15, -0.1) is 0 Å². The SMILES string of the molecule is c1cc(OCC2CCCC2)cc(N2CCCNCC2)c1. The van der Waals surface area contributed by atoms with Crippen molar-refractivity contribution in [1.29, 1.82) is 0 Å². The van der Waals surface area contributed by atoms with E-state index in [0.29, 0.717) is 0 Å². The van der Waals surface area contributed by atoms with Gasteiger partial charge in [0.25, 0.3) is 0 Å². The molecule has 0 spiro atoms. The van der Waals surface area contributed by atoms with Crippen LogP contribution in [0.5, 0.6) is 5.75 Å². The van der Waals surface area contributed by atoms with E-state index in [1.54, 1.807) is 0 Å². The van der Waals surface area contributed by atoms with Crippen LogP contribution in [0.25, 0.3) is 0 Å². The summed E-state index contributed by atoms with van der Waals surface area (Å²) >= 11 is 0. The van der Waals surface area contributed by atoms with Crippen LogP contribution in [-0.4, -0.2) is 32.8 Å². The van der Waals surface area contributed by atoms with Crippen molar-refractivity contribution in [3.05, 3.63) is 24.3 Å². The van der Waals surface area contributed by atoms with Gasteiger partial charge in [0, 0.05) is 31.4 Å². The fourth-order valence-corrected chi connectivity index (χ4v) is 3.27. The molecule has 2 fully saturated rings. The predicted molar refractivity (Wildman–Crippen MR) is 83.6 cm³/mol. The molecule has 0 aromatic heterocycles. The zero-order chi connectivity index (χ0) is 13.6. The first-order valence-electron chi connectivity index (χ1n) is 8.10. The van der Waals surface area contributed by atoms with Gasteiger partial charge in [0.2, 0.25) is 0 Å². The summed E-state index contributed by atoms with van der Waals surface area (Å²) in [6.07, 6.45) is 6.67. The van der Waals surface area contributed by atoms with Gasteiger partial charge in [-0.25, -0.2) is 0 Å². The molecule has 0 unspecified atom stereocenters. The molecular formula is C17H26N2O. The van der Waals surface area contributed by atoms with Crippen LogP contribution in [0.1, 0.15) is 32.1 Å². The van der Waals surface area contributed by atoms with Gasteiger partial charge in [-0.3, -0.25) is 0 Å². The summed E-state index contributed by atoms with van der Waals surface area (Å²) in [5.41, 5.74) is 1.30. The maximum atomic E-state index is 6.01. The van der Waals surface area contributed by atoms with Crippen molar-refractivity contribution in [2.24, 2.45) is 5.92 Å². The number of anilines is 1. The summed E-state index contributed by atoms with van der Waals surface area (Å²) in [5.74, 6) is 1.81. The number of ether oxygens (including phenoxy) is 1. The molecule has 20 heavy (non-hydrogen) atoms. The van der Waals surface area contributed by atoms with E-state index in [1.807, 2.05) is 0 Å². The van der Waals surface area contributed by atoms with Gasteiger partial charge in [0.15, 0.2) is 0 Å². The second kappa shape index (κ2) is 6.98. The average Bonchev–Trinajstić information content (AvgIpc) is 2.86. The van der Waals surface area contributed by atoms with Crippen LogP contribution in [-0.2, 0) is 0 Å². The highest BCUT2D eigenvalue weighted by molar-refractivity contribution is 5.50. The minimum atomic E-state index is 0.779. The number of hydrogen-bond donors (Lipinski definition) is 1. The van der Waals surface area contributed by atoms with Crippen molar-refractivity contribution in [2.75, 3.05) is 37.7 Å². The Balaban J connectivity index is 1.59. The smallest absolute Gasteiger partial charge is 0.121 e. The summed E-state index contributed by atoms with van der Waals surface area (Å²) in [6, 6.07) is 8.63. The maximum Gasteiger partial charge on any atom is 0.121 e. The highest BCUT2D eigenvalue weighted by Crippen LogP contribution is 2.27. The number of hydrogen-bond acceptors (Lipinski definition) is 3. The van der Waals surface area contributed by atoms with Crippen molar-refractivity contribution in [3.8, 4) is 5.75 Å². The Bertz CT molecular complexity index is 407. The molecule has 1 aliphatic carbocycles. The quantitative estimate of drug-likeness (QED) is 0.913. The molecule has 2 aliphatic rings. The van der Waals surface area contributed by atoms with Gasteiger partial charge in [-0.1, -0.05) is 18.9 Å². The van der Waals surface area contributed by atoms with Gasteiger partial charge in [0.05, 0.1) is 6.61 Å². The molecule has 110 valence electrons. The normalized spacial score (nSPS) is 20.9. The number of nitrogens with one attached hydrogen (secondary N) is 1. The third-order valence-electron chi connectivity index (χ3n) is 4.48. The Morgan fingerprint density at radius 1 is 1.10 bits per heavy atom. The molecule has 3 rings (SSSR count). The minimum Gasteiger partial charge on any atom is -0.493 e. The van der Waals surface area contributed by atoms with Crippen LogP contribution in [0.3, 0.4) is 0 Å². The fraction of sp³-hybridized carbons (Fsp3) is 0.647. The fourth-order valence-electron chi connectivity index (χ4n) is 3.27. The molecule has 0 amide bonds. The Morgan fingerprint density at radius 2 is 2.00 bits per heavy atom. The molecule has 1 aliphatic heterocycles. The molecule has 3 nitrogen and oxygen atoms in total. The molecule has 0 atom stereocenters. The third-order valence-corrected chi connectivity index (χ3v) is 4.48. The lowest BCUT2D eigenvalue weighted by Gasteiger charge is -2.23. The highest BCUT2D eigenvalue weighted by Gasteiger charge is 2.16. The van der Waals surface area contributed by atoms with Crippen LogP contribution in [0.4, 0.5) is 5.69 Å². The van der Waals surface area contributed by atoms with E-state index in [2.05, 4.69) is 34.5 Å². The van der Waals surface area contributed by atoms with E-state index in [9.17, 15) is 0 Å². The van der Waals surface area contributed by atoms with Crippen molar-refractivity contribution >= 4 is 5.69 Å². The third kappa shape index (κ3) is 3.66. The molecule has 1 saturated carbocycles. The Kier molecular flexibility index (Phi) is 4.80. The van der Waals surface area contributed by atoms with E-state index in [4.69, 9.17) is 4.74 Å². The van der Waals surface area contributed by atoms with Gasteiger partial charge in [-0.05, 0) is 43.9 Å². The summed E-state index contributed by atoms with van der Waals surface area (Å²) in [7, 11) is 0. The first-order chi connectivity index (χ1) is 9.92. The second-order valence-electron chi connectivity index (χ2n) is 6.05. The standard InChI is InChI=1S/C17H26N2O/c1-2-6-15(5-1)14-20-17-8-3-7-16(13-17)19-11-4-9-18-10-12-19/h3,7-8,13,15,18H,1-2,4-6,9-12,14H2. The molecular weight excluding hydrogens is 248 g/mol. The largest absolute Gasteiger partial charge is 0.493 e. The van der Waals surface area contributed by atoms with E-state index in [0.717, 1.165) is 44.5 Å². The molecule has 1 N–H and O–H groups in total. The lowest BCUT2D eigenvalue weighted by atomic mass is 10.1. The van der Waals surface area contributed by atoms with Crippen molar-refractivity contribution in [3.63, 3.8) is 0 Å².